The smallest absolute Gasteiger partial charge is 0.431 e. The van der Waals surface area contributed by atoms with Gasteiger partial charge in [0.15, 0.2) is 0 Å². The van der Waals surface area contributed by atoms with Crippen LogP contribution in [0, 0.1) is 0 Å². The number of halogens is 6. The van der Waals surface area contributed by atoms with Gasteiger partial charge in [0, 0.05) is 0 Å². The summed E-state index contributed by atoms with van der Waals surface area (Å²) in [5.41, 5.74) is -8.00. The van der Waals surface area contributed by atoms with Gasteiger partial charge in [0.1, 0.15) is 12.2 Å². The monoisotopic (exact) mass is 720 g/mol. The second-order valence-corrected chi connectivity index (χ2v) is 12.8. The van der Waals surface area contributed by atoms with E-state index in [-0.39, 0.29) is 6.61 Å². The number of carbonyl (C=O) groups is 2. The van der Waals surface area contributed by atoms with E-state index in [2.05, 4.69) is 13.2 Å². The molecule has 0 aromatic heterocycles. The minimum atomic E-state index is -5.21. The van der Waals surface area contributed by atoms with Crippen molar-refractivity contribution in [3.8, 4) is 0 Å². The molecule has 50 heavy (non-hydrogen) atoms. The average Bonchev–Trinajstić information content (AvgIpc) is 2.99. The normalized spacial score (nSPS) is 16.0. The highest BCUT2D eigenvalue weighted by Crippen LogP contribution is 2.42. The maximum absolute atomic E-state index is 14.1. The number of esters is 1. The molecule has 0 amide bonds. The zero-order chi connectivity index (χ0) is 38.6. The Morgan fingerprint density at radius 1 is 0.680 bits per heavy atom. The van der Waals surface area contributed by atoms with Crippen LogP contribution in [0.25, 0.3) is 0 Å². The highest BCUT2D eigenvalue weighted by atomic mass is 19.4. The lowest BCUT2D eigenvalue weighted by molar-refractivity contribution is -0.311. The van der Waals surface area contributed by atoms with Crippen molar-refractivity contribution in [3.05, 3.63) is 97.1 Å². The summed E-state index contributed by atoms with van der Waals surface area (Å²) in [5, 5.41) is 9.36. The predicted molar refractivity (Wildman–Crippen MR) is 174 cm³/mol. The number of benzene rings is 2. The molecule has 14 heteroatoms. The molecule has 0 radical (unpaired) electrons. The standard InChI is InChI=1S/C19H25F3O4.C17H21F3O4/c1-6-15(26-17(3,4)5)18(19(20,21)22,16(23)24-7-2)25-13-14-11-9-8-10-12-14;1-5-13(24-15(2,3)4)16(14(21)22,17(18,19)20)23-11-12-9-7-6-8-10-12/h6,8-12,15H,1,7,13H2,2-5H3;5-10,13H,1,11H2,2-4H3,(H,21,22). The van der Waals surface area contributed by atoms with Crippen molar-refractivity contribution >= 4 is 11.9 Å². The third-order valence-corrected chi connectivity index (χ3v) is 6.55. The lowest BCUT2D eigenvalue weighted by Crippen LogP contribution is -2.63. The van der Waals surface area contributed by atoms with Crippen LogP contribution < -0.4 is 0 Å². The van der Waals surface area contributed by atoms with Gasteiger partial charge in [-0.05, 0) is 59.6 Å². The largest absolute Gasteiger partial charge is 0.479 e. The number of rotatable bonds is 15. The molecule has 4 unspecified atom stereocenters. The molecular formula is C36H46F6O8. The zero-order valence-corrected chi connectivity index (χ0v) is 29.2. The summed E-state index contributed by atoms with van der Waals surface area (Å²) >= 11 is 0. The molecule has 0 bridgehead atoms. The van der Waals surface area contributed by atoms with Crippen molar-refractivity contribution < 1.29 is 64.7 Å². The summed E-state index contributed by atoms with van der Waals surface area (Å²) < 4.78 is 109. The summed E-state index contributed by atoms with van der Waals surface area (Å²) in [6.45, 7) is 16.2. The van der Waals surface area contributed by atoms with E-state index < -0.39 is 72.1 Å². The van der Waals surface area contributed by atoms with E-state index in [4.69, 9.17) is 23.7 Å². The first kappa shape index (κ1) is 44.3. The summed E-state index contributed by atoms with van der Waals surface area (Å²) in [7, 11) is 0. The third-order valence-electron chi connectivity index (χ3n) is 6.55. The molecule has 8 nitrogen and oxygen atoms in total. The van der Waals surface area contributed by atoms with Crippen molar-refractivity contribution in [1.29, 1.82) is 0 Å². The van der Waals surface area contributed by atoms with Crippen molar-refractivity contribution in [2.75, 3.05) is 6.61 Å². The van der Waals surface area contributed by atoms with E-state index in [1.54, 1.807) is 69.3 Å². The Morgan fingerprint density at radius 2 is 1.02 bits per heavy atom. The molecule has 2 aromatic carbocycles. The molecule has 1 N–H and O–H groups in total. The Kier molecular flexibility index (Phi) is 15.9. The molecule has 0 saturated heterocycles. The van der Waals surface area contributed by atoms with Crippen LogP contribution in [0.2, 0.25) is 0 Å². The molecule has 2 aromatic rings. The first-order valence-electron chi connectivity index (χ1n) is 15.4. The first-order chi connectivity index (χ1) is 22.9. The fraction of sp³-hybridized carbons (Fsp3) is 0.500. The quantitative estimate of drug-likeness (QED) is 0.111. The lowest BCUT2D eigenvalue weighted by Gasteiger charge is -2.40. The summed E-state index contributed by atoms with van der Waals surface area (Å²) in [6, 6.07) is 16.2. The lowest BCUT2D eigenvalue weighted by atomic mass is 9.93. The number of hydrogen-bond donors (Lipinski definition) is 1. The Balaban J connectivity index is 0.000000502. The van der Waals surface area contributed by atoms with Gasteiger partial charge in [-0.15, -0.1) is 13.2 Å². The Hall–Kier alpha value is -3.72. The molecule has 4 atom stereocenters. The van der Waals surface area contributed by atoms with Crippen LogP contribution in [0.5, 0.6) is 0 Å². The van der Waals surface area contributed by atoms with Crippen LogP contribution in [-0.2, 0) is 46.5 Å². The summed E-state index contributed by atoms with van der Waals surface area (Å²) in [6.07, 6.45) is -12.3. The second-order valence-electron chi connectivity index (χ2n) is 12.8. The number of alkyl halides is 6. The predicted octanol–water partition coefficient (Wildman–Crippen LogP) is 8.40. The van der Waals surface area contributed by atoms with Gasteiger partial charge in [-0.25, -0.2) is 9.59 Å². The van der Waals surface area contributed by atoms with Gasteiger partial charge < -0.3 is 28.8 Å². The number of aliphatic carboxylic acids is 1. The van der Waals surface area contributed by atoms with E-state index in [0.717, 1.165) is 12.2 Å². The molecule has 0 aliphatic rings. The first-order valence-corrected chi connectivity index (χ1v) is 15.4. The maximum Gasteiger partial charge on any atom is 0.431 e. The fourth-order valence-corrected chi connectivity index (χ4v) is 4.38. The second kappa shape index (κ2) is 18.0. The van der Waals surface area contributed by atoms with Gasteiger partial charge in [-0.1, -0.05) is 72.8 Å². The molecule has 280 valence electrons. The van der Waals surface area contributed by atoms with Gasteiger partial charge in [-0.2, -0.15) is 26.3 Å². The average molecular weight is 721 g/mol. The zero-order valence-electron chi connectivity index (χ0n) is 29.2. The molecule has 2 rings (SSSR count). The van der Waals surface area contributed by atoms with E-state index in [9.17, 15) is 41.0 Å². The van der Waals surface area contributed by atoms with Gasteiger partial charge >= 0.3 is 24.3 Å². The van der Waals surface area contributed by atoms with Crippen molar-refractivity contribution in [3.63, 3.8) is 0 Å². The van der Waals surface area contributed by atoms with Crippen molar-refractivity contribution in [1.82, 2.24) is 0 Å². The third kappa shape index (κ3) is 12.0. The van der Waals surface area contributed by atoms with Crippen LogP contribution in [0.15, 0.2) is 86.0 Å². The van der Waals surface area contributed by atoms with Crippen molar-refractivity contribution in [2.24, 2.45) is 0 Å². The molecule has 0 saturated carbocycles. The number of carbonyl (C=O) groups excluding carboxylic acids is 1. The van der Waals surface area contributed by atoms with Crippen LogP contribution in [-0.4, -0.2) is 70.6 Å². The minimum Gasteiger partial charge on any atom is -0.479 e. The Bertz CT molecular complexity index is 1370. The van der Waals surface area contributed by atoms with Crippen molar-refractivity contribution in [2.45, 2.75) is 109 Å². The minimum absolute atomic E-state index is 0.231. The molecule has 0 spiro atoms. The van der Waals surface area contributed by atoms with E-state index in [1.165, 1.54) is 39.8 Å². The number of ether oxygens (including phenoxy) is 5. The van der Waals surface area contributed by atoms with Gasteiger partial charge in [-0.3, -0.25) is 0 Å². The fourth-order valence-electron chi connectivity index (χ4n) is 4.38. The Morgan fingerprint density at radius 3 is 1.30 bits per heavy atom. The highest BCUT2D eigenvalue weighted by molar-refractivity contribution is 5.82. The SMILES string of the molecule is C=CC(OC(C)(C)C)C(OCc1ccccc1)(C(=O)O)C(F)(F)F.C=CC(OC(C)(C)C)C(OCc1ccccc1)(C(=O)OCC)C(F)(F)F. The number of carboxylic acids is 1. The van der Waals surface area contributed by atoms with Crippen LogP contribution in [0.3, 0.4) is 0 Å². The summed E-state index contributed by atoms with van der Waals surface area (Å²) in [4.78, 5) is 24.0. The van der Waals surface area contributed by atoms with Crippen LogP contribution in [0.4, 0.5) is 26.3 Å². The maximum atomic E-state index is 14.1. The van der Waals surface area contributed by atoms with Crippen LogP contribution >= 0.6 is 0 Å². The van der Waals surface area contributed by atoms with E-state index in [0.29, 0.717) is 11.1 Å². The summed E-state index contributed by atoms with van der Waals surface area (Å²) in [5.74, 6) is -3.74. The van der Waals surface area contributed by atoms with E-state index >= 15 is 0 Å². The topological polar surface area (TPSA) is 101 Å². The van der Waals surface area contributed by atoms with Crippen LogP contribution in [0.1, 0.15) is 59.6 Å². The molecule has 0 fully saturated rings. The van der Waals surface area contributed by atoms with E-state index in [1.807, 2.05) is 0 Å². The molecule has 0 aliphatic carbocycles. The number of carboxylic acid groups (broad SMARTS) is 1. The molecular weight excluding hydrogens is 674 g/mol. The Labute approximate surface area is 289 Å². The molecule has 0 heterocycles. The molecule has 0 aliphatic heterocycles. The number of hydrogen-bond acceptors (Lipinski definition) is 7. The highest BCUT2D eigenvalue weighted by Gasteiger charge is 2.69. The van der Waals surface area contributed by atoms with Gasteiger partial charge in [0.05, 0.1) is 31.0 Å². The van der Waals surface area contributed by atoms with Gasteiger partial charge in [0.25, 0.3) is 11.2 Å². The van der Waals surface area contributed by atoms with Gasteiger partial charge in [0.2, 0.25) is 0 Å².